The first-order valence-electron chi connectivity index (χ1n) is 8.22. The summed E-state index contributed by atoms with van der Waals surface area (Å²) in [6, 6.07) is 10.9. The minimum Gasteiger partial charge on any atom is -0.455 e. The quantitative estimate of drug-likeness (QED) is 0.492. The molecule has 2 aromatic rings. The standard InChI is InChI=1S/C19H17Cl3N2O4/c1-11(23-19(27)12-5-3-2-4-6-12)7-18(26)28-10-17(25)24-16-9-14(21)13(20)8-15(16)22/h2-6,8-9,11H,7,10H2,1H3,(H,23,27)(H,24,25). The van der Waals surface area contributed by atoms with Crippen LogP contribution >= 0.6 is 34.8 Å². The van der Waals surface area contributed by atoms with Crippen LogP contribution in [0, 0.1) is 0 Å². The molecule has 6 nitrogen and oxygen atoms in total. The van der Waals surface area contributed by atoms with Gasteiger partial charge in [0.15, 0.2) is 6.61 Å². The summed E-state index contributed by atoms with van der Waals surface area (Å²) in [7, 11) is 0. The van der Waals surface area contributed by atoms with E-state index in [0.717, 1.165) is 0 Å². The second kappa shape index (κ2) is 10.3. The number of amides is 2. The fourth-order valence-corrected chi connectivity index (χ4v) is 2.80. The van der Waals surface area contributed by atoms with Crippen LogP contribution in [-0.2, 0) is 14.3 Å². The number of halogens is 3. The normalized spacial score (nSPS) is 11.4. The highest BCUT2D eigenvalue weighted by molar-refractivity contribution is 6.44. The Morgan fingerprint density at radius 1 is 1.00 bits per heavy atom. The van der Waals surface area contributed by atoms with Crippen LogP contribution in [0.1, 0.15) is 23.7 Å². The Balaban J connectivity index is 1.78. The van der Waals surface area contributed by atoms with E-state index in [1.54, 1.807) is 37.3 Å². The third-order valence-corrected chi connectivity index (χ3v) is 4.57. The Morgan fingerprint density at radius 3 is 2.32 bits per heavy atom. The Bertz CT molecular complexity index is 875. The van der Waals surface area contributed by atoms with Crippen LogP contribution in [-0.4, -0.2) is 30.4 Å². The summed E-state index contributed by atoms with van der Waals surface area (Å²) in [5.74, 6) is -1.52. The topological polar surface area (TPSA) is 84.5 Å². The molecule has 1 unspecified atom stereocenters. The van der Waals surface area contributed by atoms with Crippen LogP contribution in [0.5, 0.6) is 0 Å². The Hall–Kier alpha value is -2.28. The lowest BCUT2D eigenvalue weighted by Crippen LogP contribution is -2.35. The van der Waals surface area contributed by atoms with Crippen LogP contribution in [0.2, 0.25) is 15.1 Å². The van der Waals surface area contributed by atoms with Gasteiger partial charge in [-0.2, -0.15) is 0 Å². The lowest BCUT2D eigenvalue weighted by atomic mass is 10.2. The zero-order valence-electron chi connectivity index (χ0n) is 14.8. The summed E-state index contributed by atoms with van der Waals surface area (Å²) in [4.78, 5) is 35.8. The van der Waals surface area contributed by atoms with Gasteiger partial charge in [0.05, 0.1) is 27.2 Å². The van der Waals surface area contributed by atoms with Gasteiger partial charge in [0, 0.05) is 11.6 Å². The largest absolute Gasteiger partial charge is 0.455 e. The number of nitrogens with one attached hydrogen (secondary N) is 2. The molecule has 2 N–H and O–H groups in total. The number of ether oxygens (including phenoxy) is 1. The van der Waals surface area contributed by atoms with E-state index in [1.165, 1.54) is 12.1 Å². The van der Waals surface area contributed by atoms with Crippen LogP contribution in [0.15, 0.2) is 42.5 Å². The van der Waals surface area contributed by atoms with Crippen molar-refractivity contribution in [3.63, 3.8) is 0 Å². The van der Waals surface area contributed by atoms with E-state index in [2.05, 4.69) is 10.6 Å². The summed E-state index contributed by atoms with van der Waals surface area (Å²) >= 11 is 17.7. The average molecular weight is 444 g/mol. The number of rotatable bonds is 7. The molecule has 0 aliphatic heterocycles. The molecule has 0 spiro atoms. The van der Waals surface area contributed by atoms with Crippen molar-refractivity contribution in [1.82, 2.24) is 5.32 Å². The number of hydrogen-bond donors (Lipinski definition) is 2. The highest BCUT2D eigenvalue weighted by Gasteiger charge is 2.16. The molecular weight excluding hydrogens is 427 g/mol. The number of carbonyl (C=O) groups excluding carboxylic acids is 3. The number of benzene rings is 2. The van der Waals surface area contributed by atoms with Crippen LogP contribution in [0.4, 0.5) is 5.69 Å². The van der Waals surface area contributed by atoms with E-state index in [4.69, 9.17) is 39.5 Å². The first-order chi connectivity index (χ1) is 13.3. The van der Waals surface area contributed by atoms with Crippen molar-refractivity contribution in [2.24, 2.45) is 0 Å². The maximum atomic E-state index is 12.0. The fourth-order valence-electron chi connectivity index (χ4n) is 2.21. The average Bonchev–Trinajstić information content (AvgIpc) is 2.65. The highest BCUT2D eigenvalue weighted by Crippen LogP contribution is 2.32. The van der Waals surface area contributed by atoms with Crippen molar-refractivity contribution < 1.29 is 19.1 Å². The van der Waals surface area contributed by atoms with Crippen molar-refractivity contribution in [2.45, 2.75) is 19.4 Å². The minimum absolute atomic E-state index is 0.0839. The molecule has 0 aromatic heterocycles. The minimum atomic E-state index is -0.628. The van der Waals surface area contributed by atoms with E-state index in [1.807, 2.05) is 0 Å². The van der Waals surface area contributed by atoms with Crippen molar-refractivity contribution in [1.29, 1.82) is 0 Å². The first-order valence-corrected chi connectivity index (χ1v) is 9.35. The summed E-state index contributed by atoms with van der Waals surface area (Å²) in [6.07, 6.45) is -0.0839. The van der Waals surface area contributed by atoms with Crippen molar-refractivity contribution >= 4 is 58.3 Å². The Labute approximate surface area is 177 Å². The van der Waals surface area contributed by atoms with Gasteiger partial charge >= 0.3 is 5.97 Å². The number of esters is 1. The fraction of sp³-hybridized carbons (Fsp3) is 0.211. The van der Waals surface area contributed by atoms with Gasteiger partial charge < -0.3 is 15.4 Å². The van der Waals surface area contributed by atoms with E-state index in [0.29, 0.717) is 5.56 Å². The van der Waals surface area contributed by atoms with Gasteiger partial charge in [-0.05, 0) is 31.2 Å². The van der Waals surface area contributed by atoms with Crippen molar-refractivity contribution in [3.8, 4) is 0 Å². The lowest BCUT2D eigenvalue weighted by Gasteiger charge is -2.14. The van der Waals surface area contributed by atoms with Gasteiger partial charge in [-0.3, -0.25) is 14.4 Å². The molecule has 28 heavy (non-hydrogen) atoms. The van der Waals surface area contributed by atoms with Gasteiger partial charge in [-0.1, -0.05) is 53.0 Å². The smallest absolute Gasteiger partial charge is 0.308 e. The third-order valence-electron chi connectivity index (χ3n) is 3.53. The van der Waals surface area contributed by atoms with E-state index in [-0.39, 0.29) is 33.1 Å². The molecule has 1 atom stereocenters. The second-order valence-corrected chi connectivity index (χ2v) is 7.12. The first kappa shape index (κ1) is 22.0. The molecule has 148 valence electrons. The predicted octanol–water partition coefficient (Wildman–Crippen LogP) is 4.34. The maximum absolute atomic E-state index is 12.0. The SMILES string of the molecule is CC(CC(=O)OCC(=O)Nc1cc(Cl)c(Cl)cc1Cl)NC(=O)c1ccccc1. The van der Waals surface area contributed by atoms with Crippen LogP contribution in [0.25, 0.3) is 0 Å². The van der Waals surface area contributed by atoms with E-state index >= 15 is 0 Å². The Morgan fingerprint density at radius 2 is 1.64 bits per heavy atom. The molecule has 0 fully saturated rings. The lowest BCUT2D eigenvalue weighted by molar-refractivity contribution is -0.147. The van der Waals surface area contributed by atoms with Crippen LogP contribution < -0.4 is 10.6 Å². The van der Waals surface area contributed by atoms with Gasteiger partial charge in [0.25, 0.3) is 11.8 Å². The number of anilines is 1. The molecule has 9 heteroatoms. The van der Waals surface area contributed by atoms with Crippen molar-refractivity contribution in [3.05, 3.63) is 63.1 Å². The monoisotopic (exact) mass is 442 g/mol. The molecule has 0 saturated heterocycles. The summed E-state index contributed by atoms with van der Waals surface area (Å²) < 4.78 is 4.92. The molecule has 2 rings (SSSR count). The maximum Gasteiger partial charge on any atom is 0.308 e. The zero-order chi connectivity index (χ0) is 20.7. The molecule has 0 saturated carbocycles. The predicted molar refractivity (Wildman–Crippen MR) is 109 cm³/mol. The van der Waals surface area contributed by atoms with Gasteiger partial charge in [0.1, 0.15) is 0 Å². The molecule has 0 bridgehead atoms. The molecule has 0 heterocycles. The van der Waals surface area contributed by atoms with Crippen molar-refractivity contribution in [2.75, 3.05) is 11.9 Å². The third kappa shape index (κ3) is 6.71. The summed E-state index contributed by atoms with van der Waals surface area (Å²) in [5, 5.41) is 5.84. The zero-order valence-corrected chi connectivity index (χ0v) is 17.1. The van der Waals surface area contributed by atoms with E-state index < -0.39 is 24.5 Å². The summed E-state index contributed by atoms with van der Waals surface area (Å²) in [5.41, 5.74) is 0.737. The van der Waals surface area contributed by atoms with Crippen LogP contribution in [0.3, 0.4) is 0 Å². The highest BCUT2D eigenvalue weighted by atomic mass is 35.5. The van der Waals surface area contributed by atoms with Gasteiger partial charge in [0.2, 0.25) is 0 Å². The number of carbonyl (C=O) groups is 3. The molecule has 2 aromatic carbocycles. The molecule has 2 amide bonds. The second-order valence-electron chi connectivity index (χ2n) is 5.90. The summed E-state index contributed by atoms with van der Waals surface area (Å²) in [6.45, 7) is 1.16. The Kier molecular flexibility index (Phi) is 8.11. The molecular formula is C19H17Cl3N2O4. The van der Waals surface area contributed by atoms with Gasteiger partial charge in [-0.25, -0.2) is 0 Å². The molecule has 0 radical (unpaired) electrons. The van der Waals surface area contributed by atoms with E-state index in [9.17, 15) is 14.4 Å². The molecule has 0 aliphatic carbocycles. The number of hydrogen-bond acceptors (Lipinski definition) is 4. The van der Waals surface area contributed by atoms with Gasteiger partial charge in [-0.15, -0.1) is 0 Å². The molecule has 0 aliphatic rings.